The van der Waals surface area contributed by atoms with E-state index in [0.29, 0.717) is 5.89 Å². The zero-order valence-corrected chi connectivity index (χ0v) is 26.1. The van der Waals surface area contributed by atoms with E-state index in [2.05, 4.69) is 60.7 Å². The van der Waals surface area contributed by atoms with Crippen LogP contribution in [0.4, 0.5) is 0 Å². The summed E-state index contributed by atoms with van der Waals surface area (Å²) in [5, 5.41) is 5.11. The second-order valence-corrected chi connectivity index (χ2v) is 12.1. The van der Waals surface area contributed by atoms with E-state index in [1.165, 1.54) is 0 Å². The lowest BCUT2D eigenvalue weighted by Gasteiger charge is -2.11. The van der Waals surface area contributed by atoms with E-state index in [4.69, 9.17) is 29.3 Å². The van der Waals surface area contributed by atoms with Gasteiger partial charge in [0.15, 0.2) is 5.58 Å². The lowest BCUT2D eigenvalue weighted by atomic mass is 9.99. The normalized spacial score (nSPS) is 11.7. The van der Waals surface area contributed by atoms with Crippen molar-refractivity contribution in [1.82, 2.24) is 24.9 Å². The molecule has 0 saturated carbocycles. The molecule has 0 aliphatic rings. The molecule has 10 rings (SSSR count). The maximum absolute atomic E-state index is 6.25. The van der Waals surface area contributed by atoms with Gasteiger partial charge in [0, 0.05) is 49.8 Å². The predicted octanol–water partition coefficient (Wildman–Crippen LogP) is 10.7. The number of hydrogen-bond donors (Lipinski definition) is 0. The fourth-order valence-electron chi connectivity index (χ4n) is 6.72. The molecule has 0 amide bonds. The highest BCUT2D eigenvalue weighted by atomic mass is 16.3. The molecule has 5 heterocycles. The summed E-state index contributed by atoms with van der Waals surface area (Å²) in [6.45, 7) is 0. The molecule has 0 spiro atoms. The van der Waals surface area contributed by atoms with Crippen molar-refractivity contribution in [3.63, 3.8) is 0 Å². The average Bonchev–Trinajstić information content (AvgIpc) is 3.63. The van der Waals surface area contributed by atoms with Crippen LogP contribution >= 0.6 is 0 Å². The first-order chi connectivity index (χ1) is 24.3. The van der Waals surface area contributed by atoms with Gasteiger partial charge in [-0.3, -0.25) is 4.98 Å². The fourth-order valence-corrected chi connectivity index (χ4v) is 6.72. The average molecular weight is 628 g/mol. The first kappa shape index (κ1) is 27.3. The molecule has 0 bridgehead atoms. The summed E-state index contributed by atoms with van der Waals surface area (Å²) in [7, 11) is 0. The molecule has 0 aliphatic heterocycles. The third-order valence-corrected chi connectivity index (χ3v) is 9.13. The number of nitrogens with zero attached hydrogens (tertiary/aromatic N) is 5. The molecule has 0 atom stereocenters. The van der Waals surface area contributed by atoms with E-state index in [1.54, 1.807) is 0 Å². The van der Waals surface area contributed by atoms with Crippen molar-refractivity contribution in [1.29, 1.82) is 0 Å². The van der Waals surface area contributed by atoms with Crippen LogP contribution < -0.4 is 0 Å². The van der Waals surface area contributed by atoms with Crippen LogP contribution in [0.1, 0.15) is 0 Å². The number of pyridine rings is 4. The van der Waals surface area contributed by atoms with Crippen molar-refractivity contribution in [3.8, 4) is 45.4 Å². The van der Waals surface area contributed by atoms with E-state index in [0.717, 1.165) is 94.0 Å². The summed E-state index contributed by atoms with van der Waals surface area (Å²) in [5.41, 5.74) is 10.4. The Kier molecular flexibility index (Phi) is 6.08. The minimum Gasteiger partial charge on any atom is -0.436 e. The van der Waals surface area contributed by atoms with Gasteiger partial charge in [-0.1, -0.05) is 91.0 Å². The third kappa shape index (κ3) is 4.53. The molecule has 49 heavy (non-hydrogen) atoms. The van der Waals surface area contributed by atoms with E-state index in [9.17, 15) is 0 Å². The van der Waals surface area contributed by atoms with Gasteiger partial charge in [-0.25, -0.2) is 19.9 Å². The highest BCUT2D eigenvalue weighted by Gasteiger charge is 2.18. The number of fused-ring (bicyclic) bond motifs is 8. The van der Waals surface area contributed by atoms with E-state index in [1.807, 2.05) is 91.1 Å². The Balaban J connectivity index is 1.09. The summed E-state index contributed by atoms with van der Waals surface area (Å²) < 4.78 is 6.25. The number of aromatic nitrogens is 5. The second-order valence-electron chi connectivity index (χ2n) is 12.1. The molecule has 0 saturated heterocycles. The van der Waals surface area contributed by atoms with Crippen LogP contribution in [-0.4, -0.2) is 24.9 Å². The lowest BCUT2D eigenvalue weighted by Crippen LogP contribution is -1.94. The fraction of sp³-hybridized carbons (Fsp3) is 0. The van der Waals surface area contributed by atoms with Gasteiger partial charge in [-0.15, -0.1) is 0 Å². The van der Waals surface area contributed by atoms with E-state index in [-0.39, 0.29) is 0 Å². The summed E-state index contributed by atoms with van der Waals surface area (Å²) in [4.78, 5) is 25.2. The standard InChI is InChI=1S/C43H25N5O/c1-3-9-26(10-4-1)33-21-17-27-15-16-28-18-23-36(47-41(28)40(27)45-33)35-22-19-30(25-44-35)39-32-20-24-37-42(38(32)31-13-7-8-14-34(31)46-39)48-43(49-37)29-11-5-2-6-12-29/h1-25H. The molecule has 0 fully saturated rings. The first-order valence-corrected chi connectivity index (χ1v) is 16.2. The van der Waals surface area contributed by atoms with Crippen molar-refractivity contribution in [3.05, 3.63) is 152 Å². The van der Waals surface area contributed by atoms with Crippen molar-refractivity contribution < 1.29 is 4.42 Å². The monoisotopic (exact) mass is 627 g/mol. The van der Waals surface area contributed by atoms with Gasteiger partial charge in [0.25, 0.3) is 0 Å². The van der Waals surface area contributed by atoms with Gasteiger partial charge in [-0.2, -0.15) is 0 Å². The molecule has 0 radical (unpaired) electrons. The third-order valence-electron chi connectivity index (χ3n) is 9.13. The molecule has 5 aromatic carbocycles. The van der Waals surface area contributed by atoms with Gasteiger partial charge >= 0.3 is 0 Å². The SMILES string of the molecule is c1ccc(-c2ccc3ccc4ccc(-c5ccc(-c6nc7ccccc7c7c6ccc6oc(-c8ccccc8)nc67)cn5)nc4c3n2)cc1. The topological polar surface area (TPSA) is 77.6 Å². The largest absolute Gasteiger partial charge is 0.436 e. The Morgan fingerprint density at radius 1 is 0.408 bits per heavy atom. The van der Waals surface area contributed by atoms with Crippen LogP contribution in [0.3, 0.4) is 0 Å². The quantitative estimate of drug-likeness (QED) is 0.181. The summed E-state index contributed by atoms with van der Waals surface area (Å²) in [5.74, 6) is 0.596. The molecule has 0 aliphatic carbocycles. The zero-order chi connectivity index (χ0) is 32.3. The minimum absolute atomic E-state index is 0.596. The Bertz CT molecular complexity index is 2870. The summed E-state index contributed by atoms with van der Waals surface area (Å²) in [6, 6.07) is 49.0. The number of benzene rings is 5. The van der Waals surface area contributed by atoms with Crippen molar-refractivity contribution in [2.75, 3.05) is 0 Å². The molecule has 6 heteroatoms. The summed E-state index contributed by atoms with van der Waals surface area (Å²) in [6.07, 6.45) is 1.88. The molecule has 228 valence electrons. The molecular weight excluding hydrogens is 603 g/mol. The molecule has 0 unspecified atom stereocenters. The molecule has 10 aromatic rings. The van der Waals surface area contributed by atoms with Crippen LogP contribution in [0.15, 0.2) is 156 Å². The maximum atomic E-state index is 6.25. The Morgan fingerprint density at radius 3 is 1.82 bits per heavy atom. The van der Waals surface area contributed by atoms with Gasteiger partial charge in [0.1, 0.15) is 5.52 Å². The van der Waals surface area contributed by atoms with Crippen molar-refractivity contribution in [2.24, 2.45) is 0 Å². The Morgan fingerprint density at radius 2 is 1.06 bits per heavy atom. The molecule has 5 aromatic heterocycles. The van der Waals surface area contributed by atoms with E-state index < -0.39 is 0 Å². The number of hydrogen-bond acceptors (Lipinski definition) is 6. The van der Waals surface area contributed by atoms with Crippen LogP contribution in [0.2, 0.25) is 0 Å². The molecule has 0 N–H and O–H groups in total. The van der Waals surface area contributed by atoms with Crippen LogP contribution in [0, 0.1) is 0 Å². The predicted molar refractivity (Wildman–Crippen MR) is 197 cm³/mol. The highest BCUT2D eigenvalue weighted by molar-refractivity contribution is 6.20. The number of para-hydroxylation sites is 1. The summed E-state index contributed by atoms with van der Waals surface area (Å²) >= 11 is 0. The second kappa shape index (κ2) is 10.9. The van der Waals surface area contributed by atoms with Gasteiger partial charge < -0.3 is 4.42 Å². The molecular formula is C43H25N5O. The van der Waals surface area contributed by atoms with Gasteiger partial charge in [-0.05, 0) is 54.6 Å². The maximum Gasteiger partial charge on any atom is 0.227 e. The smallest absolute Gasteiger partial charge is 0.227 e. The van der Waals surface area contributed by atoms with Crippen molar-refractivity contribution >= 4 is 54.6 Å². The number of rotatable bonds is 4. The van der Waals surface area contributed by atoms with Gasteiger partial charge in [0.05, 0.1) is 39.3 Å². The first-order valence-electron chi connectivity index (χ1n) is 16.2. The van der Waals surface area contributed by atoms with Gasteiger partial charge in [0.2, 0.25) is 5.89 Å². The Labute approximate surface area is 280 Å². The van der Waals surface area contributed by atoms with Crippen molar-refractivity contribution in [2.45, 2.75) is 0 Å². The van der Waals surface area contributed by atoms with Crippen LogP contribution in [0.25, 0.3) is 99.9 Å². The van der Waals surface area contributed by atoms with Crippen LogP contribution in [0.5, 0.6) is 0 Å². The minimum atomic E-state index is 0.596. The van der Waals surface area contributed by atoms with E-state index >= 15 is 0 Å². The lowest BCUT2D eigenvalue weighted by molar-refractivity contribution is 0.620. The zero-order valence-electron chi connectivity index (χ0n) is 26.1. The molecule has 6 nitrogen and oxygen atoms in total. The highest BCUT2D eigenvalue weighted by Crippen LogP contribution is 2.38. The Hall–Kier alpha value is -6.79. The van der Waals surface area contributed by atoms with Crippen LogP contribution in [-0.2, 0) is 0 Å². The number of oxazole rings is 1.